The Morgan fingerprint density at radius 1 is 0.931 bits per heavy atom. The Kier molecular flexibility index (Phi) is 8.16. The molecular formula is C24H28O5. The minimum Gasteiger partial charge on any atom is -0.494 e. The number of carbonyl (C=O) groups is 2. The van der Waals surface area contributed by atoms with E-state index in [0.29, 0.717) is 29.9 Å². The van der Waals surface area contributed by atoms with Gasteiger partial charge in [-0.2, -0.15) is 0 Å². The Bertz CT molecular complexity index is 827. The van der Waals surface area contributed by atoms with Crippen molar-refractivity contribution in [1.82, 2.24) is 0 Å². The van der Waals surface area contributed by atoms with Gasteiger partial charge in [0, 0.05) is 23.8 Å². The summed E-state index contributed by atoms with van der Waals surface area (Å²) in [5, 5.41) is 8.76. The van der Waals surface area contributed by atoms with E-state index in [9.17, 15) is 9.59 Å². The molecule has 0 atom stereocenters. The van der Waals surface area contributed by atoms with Crippen LogP contribution in [-0.4, -0.2) is 35.7 Å². The van der Waals surface area contributed by atoms with Crippen molar-refractivity contribution in [2.24, 2.45) is 0 Å². The van der Waals surface area contributed by atoms with Crippen molar-refractivity contribution in [3.05, 3.63) is 71.3 Å². The average molecular weight is 396 g/mol. The van der Waals surface area contributed by atoms with Gasteiger partial charge >= 0.3 is 5.97 Å². The van der Waals surface area contributed by atoms with E-state index in [1.807, 2.05) is 20.8 Å². The van der Waals surface area contributed by atoms with Crippen LogP contribution in [0.4, 0.5) is 0 Å². The van der Waals surface area contributed by atoms with Crippen molar-refractivity contribution in [3.63, 3.8) is 0 Å². The molecule has 0 aromatic heterocycles. The summed E-state index contributed by atoms with van der Waals surface area (Å²) in [7, 11) is 0. The van der Waals surface area contributed by atoms with Crippen LogP contribution in [0.1, 0.15) is 55.1 Å². The molecule has 154 valence electrons. The topological polar surface area (TPSA) is 72.8 Å². The van der Waals surface area contributed by atoms with Crippen LogP contribution in [-0.2, 0) is 9.53 Å². The van der Waals surface area contributed by atoms with Gasteiger partial charge < -0.3 is 14.6 Å². The van der Waals surface area contributed by atoms with Gasteiger partial charge in [-0.15, -0.1) is 0 Å². The number of esters is 1. The second-order valence-corrected chi connectivity index (χ2v) is 7.62. The molecule has 0 aliphatic carbocycles. The minimum absolute atomic E-state index is 0.0838. The van der Waals surface area contributed by atoms with Crippen LogP contribution >= 0.6 is 0 Å². The number of hydrogen-bond acceptors (Lipinski definition) is 5. The maximum Gasteiger partial charge on any atom is 0.331 e. The van der Waals surface area contributed by atoms with Gasteiger partial charge in [0.25, 0.3) is 0 Å². The molecule has 1 N–H and O–H groups in total. The maximum absolute atomic E-state index is 12.6. The predicted octanol–water partition coefficient (Wildman–Crippen LogP) is 4.42. The summed E-state index contributed by atoms with van der Waals surface area (Å²) >= 11 is 0. The van der Waals surface area contributed by atoms with E-state index in [4.69, 9.17) is 14.6 Å². The van der Waals surface area contributed by atoms with Gasteiger partial charge in [0.2, 0.25) is 0 Å². The van der Waals surface area contributed by atoms with Crippen LogP contribution in [0.5, 0.6) is 5.75 Å². The smallest absolute Gasteiger partial charge is 0.331 e. The highest BCUT2D eigenvalue weighted by atomic mass is 16.6. The molecule has 0 aliphatic rings. The monoisotopic (exact) mass is 396 g/mol. The molecule has 29 heavy (non-hydrogen) atoms. The van der Waals surface area contributed by atoms with E-state index in [1.165, 1.54) is 6.08 Å². The van der Waals surface area contributed by atoms with Crippen molar-refractivity contribution < 1.29 is 24.2 Å². The summed E-state index contributed by atoms with van der Waals surface area (Å²) in [5.74, 6) is 0.206. The average Bonchev–Trinajstić information content (AvgIpc) is 2.69. The molecule has 5 nitrogen and oxygen atoms in total. The largest absolute Gasteiger partial charge is 0.494 e. The first-order chi connectivity index (χ1) is 13.8. The van der Waals surface area contributed by atoms with Gasteiger partial charge in [-0.25, -0.2) is 4.79 Å². The molecule has 2 aromatic carbocycles. The molecule has 2 rings (SSSR count). The molecule has 0 spiro atoms. The summed E-state index contributed by atoms with van der Waals surface area (Å²) in [4.78, 5) is 24.4. The van der Waals surface area contributed by atoms with Gasteiger partial charge in [0.1, 0.15) is 11.4 Å². The van der Waals surface area contributed by atoms with Crippen LogP contribution in [0.2, 0.25) is 0 Å². The van der Waals surface area contributed by atoms with E-state index in [2.05, 4.69) is 0 Å². The highest BCUT2D eigenvalue weighted by Gasteiger charge is 2.14. The molecule has 0 radical (unpaired) electrons. The van der Waals surface area contributed by atoms with Crippen LogP contribution in [0, 0.1) is 0 Å². The third-order valence-corrected chi connectivity index (χ3v) is 3.93. The quantitative estimate of drug-likeness (QED) is 0.294. The fourth-order valence-corrected chi connectivity index (χ4v) is 2.52. The second kappa shape index (κ2) is 10.6. The highest BCUT2D eigenvalue weighted by Crippen LogP contribution is 2.17. The summed E-state index contributed by atoms with van der Waals surface area (Å²) < 4.78 is 10.8. The van der Waals surface area contributed by atoms with E-state index in [-0.39, 0.29) is 12.4 Å². The molecule has 0 saturated carbocycles. The van der Waals surface area contributed by atoms with Gasteiger partial charge in [0.05, 0.1) is 6.61 Å². The summed E-state index contributed by atoms with van der Waals surface area (Å²) in [6, 6.07) is 14.0. The lowest BCUT2D eigenvalue weighted by Gasteiger charge is -2.17. The fourth-order valence-electron chi connectivity index (χ4n) is 2.52. The number of carbonyl (C=O) groups excluding carboxylic acids is 2. The highest BCUT2D eigenvalue weighted by molar-refractivity contribution is 6.09. The Morgan fingerprint density at radius 2 is 1.52 bits per heavy atom. The van der Waals surface area contributed by atoms with Gasteiger partial charge in [-0.3, -0.25) is 4.79 Å². The summed E-state index contributed by atoms with van der Waals surface area (Å²) in [6.45, 7) is 6.14. The third kappa shape index (κ3) is 7.92. The second-order valence-electron chi connectivity index (χ2n) is 7.62. The van der Waals surface area contributed by atoms with Crippen molar-refractivity contribution in [2.45, 2.75) is 39.2 Å². The van der Waals surface area contributed by atoms with Crippen LogP contribution in [0.15, 0.2) is 54.6 Å². The van der Waals surface area contributed by atoms with Crippen LogP contribution in [0.3, 0.4) is 0 Å². The zero-order valence-corrected chi connectivity index (χ0v) is 17.2. The lowest BCUT2D eigenvalue weighted by molar-refractivity contribution is -0.148. The molecule has 2 aromatic rings. The van der Waals surface area contributed by atoms with Crippen molar-refractivity contribution in [2.75, 3.05) is 13.2 Å². The molecule has 0 unspecified atom stereocenters. The van der Waals surface area contributed by atoms with E-state index < -0.39 is 11.6 Å². The number of hydrogen-bond donors (Lipinski definition) is 1. The SMILES string of the molecule is CC(C)(C)OC(=O)C=Cc1ccc(C(=O)c2ccc(OCCCCO)cc2)cc1. The van der Waals surface area contributed by atoms with Gasteiger partial charge in [-0.05, 0) is 69.5 Å². The van der Waals surface area contributed by atoms with Gasteiger partial charge in [0.15, 0.2) is 5.78 Å². The van der Waals surface area contributed by atoms with Crippen molar-refractivity contribution >= 4 is 17.8 Å². The molecule has 0 bridgehead atoms. The Hall–Kier alpha value is -2.92. The molecule has 0 amide bonds. The number of ether oxygens (including phenoxy) is 2. The van der Waals surface area contributed by atoms with E-state index in [0.717, 1.165) is 12.0 Å². The minimum atomic E-state index is -0.530. The van der Waals surface area contributed by atoms with Crippen LogP contribution < -0.4 is 4.74 Å². The number of aliphatic hydroxyl groups excluding tert-OH is 1. The van der Waals surface area contributed by atoms with Crippen molar-refractivity contribution in [3.8, 4) is 5.75 Å². The third-order valence-electron chi connectivity index (χ3n) is 3.93. The zero-order valence-electron chi connectivity index (χ0n) is 17.2. The fraction of sp³-hybridized carbons (Fsp3) is 0.333. The summed E-state index contributed by atoms with van der Waals surface area (Å²) in [5.41, 5.74) is 1.41. The number of benzene rings is 2. The lowest BCUT2D eigenvalue weighted by atomic mass is 10.0. The predicted molar refractivity (Wildman–Crippen MR) is 113 cm³/mol. The Labute approximate surface area is 172 Å². The zero-order chi connectivity index (χ0) is 21.3. The normalized spacial score (nSPS) is 11.4. The number of ketones is 1. The standard InChI is InChI=1S/C24H28O5/c1-24(2,3)29-22(26)15-8-18-6-9-19(10-7-18)23(27)20-11-13-21(14-12-20)28-17-5-4-16-25/h6-15,25H,4-5,16-17H2,1-3H3. The molecule has 0 aliphatic heterocycles. The first-order valence-electron chi connectivity index (χ1n) is 9.68. The first kappa shape index (κ1) is 22.4. The van der Waals surface area contributed by atoms with E-state index in [1.54, 1.807) is 54.6 Å². The summed E-state index contributed by atoms with van der Waals surface area (Å²) in [6.07, 6.45) is 4.53. The molecule has 5 heteroatoms. The molecule has 0 saturated heterocycles. The first-order valence-corrected chi connectivity index (χ1v) is 9.68. The Balaban J connectivity index is 1.95. The molecule has 0 heterocycles. The van der Waals surface area contributed by atoms with Crippen molar-refractivity contribution in [1.29, 1.82) is 0 Å². The Morgan fingerprint density at radius 3 is 2.07 bits per heavy atom. The number of aliphatic hydroxyl groups is 1. The number of rotatable bonds is 9. The van der Waals surface area contributed by atoms with Crippen LogP contribution in [0.25, 0.3) is 6.08 Å². The number of unbranched alkanes of at least 4 members (excludes halogenated alkanes) is 1. The molecular weight excluding hydrogens is 368 g/mol. The van der Waals surface area contributed by atoms with Gasteiger partial charge in [-0.1, -0.05) is 24.3 Å². The lowest BCUT2D eigenvalue weighted by Crippen LogP contribution is -2.22. The molecule has 0 fully saturated rings. The maximum atomic E-state index is 12.6. The van der Waals surface area contributed by atoms with E-state index >= 15 is 0 Å².